The second-order valence-corrected chi connectivity index (χ2v) is 8.55. The van der Waals surface area contributed by atoms with Crippen LogP contribution in [0, 0.1) is 11.3 Å². The molecule has 2 aliphatic rings. The number of carbonyl (C=O) groups is 2. The summed E-state index contributed by atoms with van der Waals surface area (Å²) in [5, 5.41) is 0.667. The molecule has 2 amide bonds. The molecule has 148 valence electrons. The third-order valence-electron chi connectivity index (χ3n) is 6.53. The number of halogens is 1. The summed E-state index contributed by atoms with van der Waals surface area (Å²) in [5.41, 5.74) is 12.6. The van der Waals surface area contributed by atoms with Crippen molar-refractivity contribution in [3.8, 4) is 0 Å². The summed E-state index contributed by atoms with van der Waals surface area (Å²) in [6.45, 7) is 1.12. The SMILES string of the molecule is NC(=O)C1(C2CCCCC2)CCN(C(=O)[C@H](N)Cc2ccc(Cl)cc2)CC1. The van der Waals surface area contributed by atoms with E-state index in [9.17, 15) is 9.59 Å². The maximum absolute atomic E-state index is 12.8. The highest BCUT2D eigenvalue weighted by molar-refractivity contribution is 6.30. The van der Waals surface area contributed by atoms with Crippen molar-refractivity contribution in [2.24, 2.45) is 22.8 Å². The Hall–Kier alpha value is -1.59. The summed E-state index contributed by atoms with van der Waals surface area (Å²) in [6.07, 6.45) is 7.55. The molecule has 27 heavy (non-hydrogen) atoms. The van der Waals surface area contributed by atoms with Crippen molar-refractivity contribution >= 4 is 23.4 Å². The number of primary amides is 1. The molecule has 4 N–H and O–H groups in total. The predicted molar refractivity (Wildman–Crippen MR) is 107 cm³/mol. The molecule has 1 saturated heterocycles. The molecule has 0 spiro atoms. The first-order valence-corrected chi connectivity index (χ1v) is 10.4. The molecule has 0 aromatic heterocycles. The molecule has 5 nitrogen and oxygen atoms in total. The lowest BCUT2D eigenvalue weighted by Gasteiger charge is -2.46. The molecule has 1 aromatic carbocycles. The molecule has 1 aliphatic heterocycles. The third kappa shape index (κ3) is 4.46. The maximum atomic E-state index is 12.8. The maximum Gasteiger partial charge on any atom is 0.239 e. The minimum atomic E-state index is -0.582. The van der Waals surface area contributed by atoms with Gasteiger partial charge in [0.15, 0.2) is 0 Å². The Labute approximate surface area is 166 Å². The van der Waals surface area contributed by atoms with Crippen molar-refractivity contribution in [3.05, 3.63) is 34.9 Å². The van der Waals surface area contributed by atoms with Crippen molar-refractivity contribution in [2.45, 2.75) is 57.4 Å². The van der Waals surface area contributed by atoms with Crippen LogP contribution in [-0.2, 0) is 16.0 Å². The van der Waals surface area contributed by atoms with Crippen LogP contribution in [0.2, 0.25) is 5.02 Å². The Morgan fingerprint density at radius 3 is 2.26 bits per heavy atom. The molecule has 0 radical (unpaired) electrons. The number of nitrogens with zero attached hydrogens (tertiary/aromatic N) is 1. The van der Waals surface area contributed by atoms with Gasteiger partial charge >= 0.3 is 0 Å². The van der Waals surface area contributed by atoms with Gasteiger partial charge in [0.2, 0.25) is 11.8 Å². The number of carbonyl (C=O) groups excluding carboxylic acids is 2. The fourth-order valence-electron chi connectivity index (χ4n) is 4.83. The Bertz CT molecular complexity index is 663. The van der Waals surface area contributed by atoms with E-state index in [0.29, 0.717) is 43.3 Å². The molecule has 0 bridgehead atoms. The Morgan fingerprint density at radius 2 is 1.70 bits per heavy atom. The van der Waals surface area contributed by atoms with Gasteiger partial charge in [0, 0.05) is 18.1 Å². The largest absolute Gasteiger partial charge is 0.369 e. The molecule has 3 rings (SSSR count). The number of amides is 2. The zero-order valence-corrected chi connectivity index (χ0v) is 16.6. The topological polar surface area (TPSA) is 89.4 Å². The monoisotopic (exact) mass is 391 g/mol. The fraction of sp³-hybridized carbons (Fsp3) is 0.619. The smallest absolute Gasteiger partial charge is 0.239 e. The van der Waals surface area contributed by atoms with Gasteiger partial charge in [0.1, 0.15) is 0 Å². The van der Waals surface area contributed by atoms with Crippen LogP contribution in [0.1, 0.15) is 50.5 Å². The molecular formula is C21H30ClN3O2. The predicted octanol–water partition coefficient (Wildman–Crippen LogP) is 2.88. The van der Waals surface area contributed by atoms with E-state index in [1.165, 1.54) is 19.3 Å². The lowest BCUT2D eigenvalue weighted by atomic mass is 9.63. The van der Waals surface area contributed by atoms with Crippen LogP contribution in [0.5, 0.6) is 0 Å². The van der Waals surface area contributed by atoms with E-state index in [0.717, 1.165) is 18.4 Å². The fourth-order valence-corrected chi connectivity index (χ4v) is 4.96. The van der Waals surface area contributed by atoms with Crippen LogP contribution >= 0.6 is 11.6 Å². The third-order valence-corrected chi connectivity index (χ3v) is 6.78. The summed E-state index contributed by atoms with van der Waals surface area (Å²) in [4.78, 5) is 26.9. The highest BCUT2D eigenvalue weighted by Crippen LogP contribution is 2.45. The molecule has 6 heteroatoms. The summed E-state index contributed by atoms with van der Waals surface area (Å²) in [7, 11) is 0. The summed E-state index contributed by atoms with van der Waals surface area (Å²) in [6, 6.07) is 6.82. The first kappa shape index (κ1) is 20.2. The number of benzene rings is 1. The zero-order chi connectivity index (χ0) is 19.4. The van der Waals surface area contributed by atoms with Crippen molar-refractivity contribution in [3.63, 3.8) is 0 Å². The van der Waals surface area contributed by atoms with Gasteiger partial charge in [-0.3, -0.25) is 9.59 Å². The van der Waals surface area contributed by atoms with Gasteiger partial charge in [0.25, 0.3) is 0 Å². The average Bonchev–Trinajstić information content (AvgIpc) is 2.69. The number of nitrogens with two attached hydrogens (primary N) is 2. The van der Waals surface area contributed by atoms with E-state index < -0.39 is 11.5 Å². The number of hydrogen-bond acceptors (Lipinski definition) is 3. The first-order valence-electron chi connectivity index (χ1n) is 10.0. The number of piperidine rings is 1. The quantitative estimate of drug-likeness (QED) is 0.808. The standard InChI is InChI=1S/C21H30ClN3O2/c22-17-8-6-15(7-9-17)14-18(23)19(26)25-12-10-21(11-13-25,20(24)27)16-4-2-1-3-5-16/h6-9,16,18H,1-5,10-14,23H2,(H2,24,27)/t18-/m1/s1. The molecular weight excluding hydrogens is 362 g/mol. The molecule has 0 unspecified atom stereocenters. The van der Waals surface area contributed by atoms with Crippen LogP contribution in [0.4, 0.5) is 0 Å². The van der Waals surface area contributed by atoms with Crippen LogP contribution < -0.4 is 11.5 Å². The second-order valence-electron chi connectivity index (χ2n) is 8.12. The van der Waals surface area contributed by atoms with Gasteiger partial charge in [0.05, 0.1) is 11.5 Å². The number of hydrogen-bond donors (Lipinski definition) is 2. The Balaban J connectivity index is 1.60. The molecule has 2 fully saturated rings. The minimum Gasteiger partial charge on any atom is -0.369 e. The van der Waals surface area contributed by atoms with Crippen LogP contribution in [0.3, 0.4) is 0 Å². The highest BCUT2D eigenvalue weighted by atomic mass is 35.5. The van der Waals surface area contributed by atoms with Gasteiger partial charge < -0.3 is 16.4 Å². The van der Waals surface area contributed by atoms with Crippen molar-refractivity contribution in [2.75, 3.05) is 13.1 Å². The van der Waals surface area contributed by atoms with Crippen LogP contribution in [0.25, 0.3) is 0 Å². The van der Waals surface area contributed by atoms with Gasteiger partial charge in [-0.05, 0) is 55.7 Å². The Kier molecular flexibility index (Phi) is 6.43. The number of likely N-dealkylation sites (tertiary alicyclic amines) is 1. The normalized spacial score (nSPS) is 21.6. The van der Waals surface area contributed by atoms with Crippen LogP contribution in [0.15, 0.2) is 24.3 Å². The minimum absolute atomic E-state index is 0.0494. The van der Waals surface area contributed by atoms with Crippen molar-refractivity contribution in [1.29, 1.82) is 0 Å². The zero-order valence-electron chi connectivity index (χ0n) is 15.8. The molecule has 1 aliphatic carbocycles. The molecule has 1 aromatic rings. The van der Waals surface area contributed by atoms with Crippen molar-refractivity contribution in [1.82, 2.24) is 4.90 Å². The summed E-state index contributed by atoms with van der Waals surface area (Å²) >= 11 is 5.90. The van der Waals surface area contributed by atoms with E-state index in [1.807, 2.05) is 17.0 Å². The highest BCUT2D eigenvalue weighted by Gasteiger charge is 2.47. The number of rotatable bonds is 5. The van der Waals surface area contributed by atoms with Gasteiger partial charge in [-0.25, -0.2) is 0 Å². The van der Waals surface area contributed by atoms with Crippen LogP contribution in [-0.4, -0.2) is 35.8 Å². The van der Waals surface area contributed by atoms with Gasteiger partial charge in [-0.1, -0.05) is 43.0 Å². The molecule has 1 saturated carbocycles. The Morgan fingerprint density at radius 1 is 1.11 bits per heavy atom. The molecule has 1 atom stereocenters. The summed E-state index contributed by atoms with van der Waals surface area (Å²) < 4.78 is 0. The second kappa shape index (κ2) is 8.61. The van der Waals surface area contributed by atoms with E-state index in [1.54, 1.807) is 12.1 Å². The van der Waals surface area contributed by atoms with Crippen molar-refractivity contribution < 1.29 is 9.59 Å². The lowest BCUT2D eigenvalue weighted by Crippen LogP contribution is -2.55. The van der Waals surface area contributed by atoms with E-state index >= 15 is 0 Å². The summed E-state index contributed by atoms with van der Waals surface area (Å²) in [5.74, 6) is 0.127. The molecule has 1 heterocycles. The first-order chi connectivity index (χ1) is 12.9. The van der Waals surface area contributed by atoms with Gasteiger partial charge in [-0.15, -0.1) is 0 Å². The van der Waals surface area contributed by atoms with E-state index in [-0.39, 0.29) is 11.8 Å². The lowest BCUT2D eigenvalue weighted by molar-refractivity contribution is -0.143. The van der Waals surface area contributed by atoms with E-state index in [4.69, 9.17) is 23.1 Å². The van der Waals surface area contributed by atoms with E-state index in [2.05, 4.69) is 0 Å². The average molecular weight is 392 g/mol. The van der Waals surface area contributed by atoms with Gasteiger partial charge in [-0.2, -0.15) is 0 Å².